The Morgan fingerprint density at radius 3 is 2.42 bits per heavy atom. The predicted octanol–water partition coefficient (Wildman–Crippen LogP) is 9.13. The van der Waals surface area contributed by atoms with Crippen molar-refractivity contribution >= 4 is 6.16 Å². The van der Waals surface area contributed by atoms with Crippen molar-refractivity contribution in [3.05, 3.63) is 42.0 Å². The van der Waals surface area contributed by atoms with Crippen LogP contribution >= 0.6 is 0 Å². The van der Waals surface area contributed by atoms with Gasteiger partial charge in [-0.2, -0.15) is 0 Å². The summed E-state index contributed by atoms with van der Waals surface area (Å²) in [6, 6.07) is 8.35. The molecule has 0 amide bonds. The Kier molecular flexibility index (Phi) is 9.33. The lowest BCUT2D eigenvalue weighted by Gasteiger charge is -2.58. The lowest BCUT2D eigenvalue weighted by atomic mass is 9.47. The molecule has 0 unspecified atom stereocenters. The first-order chi connectivity index (χ1) is 18.0. The van der Waals surface area contributed by atoms with Gasteiger partial charge in [0.1, 0.15) is 5.75 Å². The van der Waals surface area contributed by atoms with Crippen molar-refractivity contribution in [2.24, 2.45) is 46.3 Å². The molecule has 3 saturated carbocycles. The minimum atomic E-state index is -1.29. The van der Waals surface area contributed by atoms with E-state index in [4.69, 9.17) is 5.11 Å². The van der Waals surface area contributed by atoms with Gasteiger partial charge in [0.05, 0.1) is 6.10 Å². The number of para-hydroxylation sites is 1. The second-order valence-corrected chi connectivity index (χ2v) is 13.9. The summed E-state index contributed by atoms with van der Waals surface area (Å²) in [6.45, 7) is 12.6. The average Bonchev–Trinajstić information content (AvgIpc) is 3.22. The third kappa shape index (κ3) is 6.16. The number of carboxylic acid groups (broad SMARTS) is 1. The molecule has 0 aliphatic heterocycles. The fourth-order valence-corrected chi connectivity index (χ4v) is 9.26. The molecule has 2 N–H and O–H groups in total. The van der Waals surface area contributed by atoms with Crippen LogP contribution in [0, 0.1) is 46.3 Å². The molecule has 0 radical (unpaired) electrons. The van der Waals surface area contributed by atoms with Crippen LogP contribution in [0.25, 0.3) is 0 Å². The van der Waals surface area contributed by atoms with Crippen molar-refractivity contribution < 1.29 is 19.7 Å². The topological polar surface area (TPSA) is 66.8 Å². The van der Waals surface area contributed by atoms with Crippen LogP contribution in [0.4, 0.5) is 4.79 Å². The highest BCUT2D eigenvalue weighted by Gasteiger charge is 2.59. The maximum absolute atomic E-state index is 10.2. The zero-order valence-corrected chi connectivity index (χ0v) is 24.5. The smallest absolute Gasteiger partial charge is 0.449 e. The highest BCUT2D eigenvalue weighted by molar-refractivity contribution is 5.60. The number of rotatable bonds is 6. The van der Waals surface area contributed by atoms with E-state index in [0.717, 1.165) is 48.3 Å². The van der Waals surface area contributed by atoms with E-state index in [-0.39, 0.29) is 6.10 Å². The van der Waals surface area contributed by atoms with Gasteiger partial charge in [0, 0.05) is 0 Å². The van der Waals surface area contributed by atoms with Crippen LogP contribution in [0.1, 0.15) is 105 Å². The predicted molar refractivity (Wildman–Crippen MR) is 154 cm³/mol. The quantitative estimate of drug-likeness (QED) is 0.221. The van der Waals surface area contributed by atoms with Crippen molar-refractivity contribution in [3.63, 3.8) is 0 Å². The summed E-state index contributed by atoms with van der Waals surface area (Å²) in [5, 5.41) is 18.4. The Balaban J connectivity index is 0.000000283. The van der Waals surface area contributed by atoms with Crippen LogP contribution in [-0.4, -0.2) is 22.5 Å². The zero-order chi connectivity index (χ0) is 27.5. The maximum Gasteiger partial charge on any atom is 0.511 e. The summed E-state index contributed by atoms with van der Waals surface area (Å²) in [7, 11) is 0. The van der Waals surface area contributed by atoms with Crippen LogP contribution in [0.2, 0.25) is 0 Å². The van der Waals surface area contributed by atoms with Gasteiger partial charge in [-0.15, -0.1) is 0 Å². The van der Waals surface area contributed by atoms with E-state index in [0.29, 0.717) is 16.6 Å². The monoisotopic (exact) mass is 524 g/mol. The highest BCUT2D eigenvalue weighted by Crippen LogP contribution is 2.67. The average molecular weight is 525 g/mol. The Labute approximate surface area is 231 Å². The number of aliphatic hydroxyl groups excluding tert-OH is 1. The van der Waals surface area contributed by atoms with E-state index in [1.54, 1.807) is 35.9 Å². The number of fused-ring (bicyclic) bond motifs is 5. The minimum Gasteiger partial charge on any atom is -0.449 e. The van der Waals surface area contributed by atoms with Gasteiger partial charge >= 0.3 is 6.16 Å². The van der Waals surface area contributed by atoms with E-state index in [2.05, 4.69) is 45.4 Å². The summed E-state index contributed by atoms with van der Waals surface area (Å²) in [5.41, 5.74) is 2.60. The molecule has 3 fully saturated rings. The van der Waals surface area contributed by atoms with E-state index < -0.39 is 6.16 Å². The number of carbonyl (C=O) groups is 1. The molecule has 1 aromatic carbocycles. The van der Waals surface area contributed by atoms with Crippen LogP contribution in [0.3, 0.4) is 0 Å². The number of benzene rings is 1. The first-order valence-corrected chi connectivity index (χ1v) is 15.4. The largest absolute Gasteiger partial charge is 0.511 e. The molecule has 4 nitrogen and oxygen atoms in total. The van der Waals surface area contributed by atoms with Gasteiger partial charge in [-0.1, -0.05) is 83.7 Å². The van der Waals surface area contributed by atoms with Crippen LogP contribution in [-0.2, 0) is 0 Å². The first kappa shape index (κ1) is 29.2. The van der Waals surface area contributed by atoms with E-state index in [1.807, 2.05) is 0 Å². The van der Waals surface area contributed by atoms with E-state index >= 15 is 0 Å². The SMILES string of the molecule is CC(C)CCC[C@@H](C)[C@H]1CC[C@H]2[C@@H]3CC=C4C[C@@H](O)CC[C@]4(C)[C@H]3CC[C@]12C.O=C(O)Oc1ccccc1. The summed E-state index contributed by atoms with van der Waals surface area (Å²) < 4.78 is 4.33. The second-order valence-electron chi connectivity index (χ2n) is 13.9. The fraction of sp³-hybridized carbons (Fsp3) is 0.735. The van der Waals surface area contributed by atoms with Crippen LogP contribution < -0.4 is 4.74 Å². The van der Waals surface area contributed by atoms with Gasteiger partial charge in [0.25, 0.3) is 0 Å². The molecular weight excluding hydrogens is 472 g/mol. The molecule has 4 heteroatoms. The molecule has 38 heavy (non-hydrogen) atoms. The third-order valence-corrected chi connectivity index (χ3v) is 11.2. The number of ether oxygens (including phenoxy) is 1. The van der Waals surface area contributed by atoms with Crippen molar-refractivity contribution in [3.8, 4) is 5.75 Å². The molecule has 0 bridgehead atoms. The lowest BCUT2D eigenvalue weighted by Crippen LogP contribution is -2.50. The van der Waals surface area contributed by atoms with Gasteiger partial charge < -0.3 is 14.9 Å². The van der Waals surface area contributed by atoms with Gasteiger partial charge in [0.15, 0.2) is 0 Å². The number of allylic oxidation sites excluding steroid dienone is 1. The molecule has 0 heterocycles. The van der Waals surface area contributed by atoms with E-state index in [1.165, 1.54) is 57.8 Å². The molecule has 8 atom stereocenters. The summed E-state index contributed by atoms with van der Waals surface area (Å²) in [5.74, 6) is 5.80. The molecule has 0 aromatic heterocycles. The molecule has 0 spiro atoms. The van der Waals surface area contributed by atoms with Gasteiger partial charge in [-0.3, -0.25) is 0 Å². The Morgan fingerprint density at radius 1 is 1.00 bits per heavy atom. The summed E-state index contributed by atoms with van der Waals surface area (Å²) in [4.78, 5) is 9.95. The molecule has 5 rings (SSSR count). The molecule has 4 aliphatic rings. The third-order valence-electron chi connectivity index (χ3n) is 11.2. The van der Waals surface area contributed by atoms with Crippen LogP contribution in [0.5, 0.6) is 5.75 Å². The maximum atomic E-state index is 10.2. The van der Waals surface area contributed by atoms with Crippen LogP contribution in [0.15, 0.2) is 42.0 Å². The van der Waals surface area contributed by atoms with Gasteiger partial charge in [-0.05, 0) is 110 Å². The number of aliphatic hydroxyl groups is 1. The Bertz CT molecular complexity index is 954. The minimum absolute atomic E-state index is 0.0766. The number of hydrogen-bond donors (Lipinski definition) is 2. The molecule has 212 valence electrons. The number of hydrogen-bond acceptors (Lipinski definition) is 3. The summed E-state index contributed by atoms with van der Waals surface area (Å²) >= 11 is 0. The first-order valence-electron chi connectivity index (χ1n) is 15.4. The summed E-state index contributed by atoms with van der Waals surface area (Å²) in [6.07, 6.45) is 15.9. The second kappa shape index (κ2) is 12.1. The standard InChI is InChI=1S/C27H46O.C7H6O3/c1-18(2)7-6-8-19(3)23-11-12-24-22-10-9-20-17-21(28)13-15-26(20,4)25(22)14-16-27(23,24)5;8-7(9)10-6-4-2-1-3-5-6/h9,18-19,21-25,28H,6-8,10-17H2,1-5H3;1-5H,(H,8,9)/t19-,21+,22+,23-,24+,25+,26+,27-;/m1./s1. The molecule has 1 aromatic rings. The van der Waals surface area contributed by atoms with Crippen molar-refractivity contribution in [2.75, 3.05) is 0 Å². The molecule has 0 saturated heterocycles. The van der Waals surface area contributed by atoms with Crippen molar-refractivity contribution in [1.29, 1.82) is 0 Å². The lowest BCUT2D eigenvalue weighted by molar-refractivity contribution is -0.0573. The normalized spacial score (nSPS) is 36.6. The molecular formula is C34H52O4. The Hall–Kier alpha value is -1.81. The Morgan fingerprint density at radius 2 is 1.74 bits per heavy atom. The fourth-order valence-electron chi connectivity index (χ4n) is 9.26. The van der Waals surface area contributed by atoms with Gasteiger partial charge in [0.2, 0.25) is 0 Å². The zero-order valence-electron chi connectivity index (χ0n) is 24.5. The highest BCUT2D eigenvalue weighted by atomic mass is 16.7. The van der Waals surface area contributed by atoms with E-state index in [9.17, 15) is 9.90 Å². The van der Waals surface area contributed by atoms with Crippen molar-refractivity contribution in [2.45, 2.75) is 111 Å². The molecule has 4 aliphatic carbocycles. The van der Waals surface area contributed by atoms with Gasteiger partial charge in [-0.25, -0.2) is 4.79 Å². The van der Waals surface area contributed by atoms with Crippen molar-refractivity contribution in [1.82, 2.24) is 0 Å².